The van der Waals surface area contributed by atoms with E-state index in [-0.39, 0.29) is 24.7 Å². The zero-order valence-electron chi connectivity index (χ0n) is 19.3. The van der Waals surface area contributed by atoms with Gasteiger partial charge in [0.1, 0.15) is 6.04 Å². The van der Waals surface area contributed by atoms with Crippen LogP contribution in [-0.2, 0) is 14.4 Å². The molecule has 0 radical (unpaired) electrons. The SMILES string of the molecule is C=CCCCCCCCCC(=O)N[C@@H](CCC(=O)O)C(=O)N(CCCC)CCCC. The predicted octanol–water partition coefficient (Wildman–Crippen LogP) is 5.07. The van der Waals surface area contributed by atoms with Crippen molar-refractivity contribution in [3.05, 3.63) is 12.7 Å². The number of carboxylic acids is 1. The highest BCUT2D eigenvalue weighted by Crippen LogP contribution is 2.11. The lowest BCUT2D eigenvalue weighted by molar-refractivity contribution is -0.139. The van der Waals surface area contributed by atoms with Crippen LogP contribution in [0.25, 0.3) is 0 Å². The summed E-state index contributed by atoms with van der Waals surface area (Å²) in [6.45, 7) is 9.18. The molecule has 0 aromatic rings. The summed E-state index contributed by atoms with van der Waals surface area (Å²) in [4.78, 5) is 38.2. The monoisotopic (exact) mass is 424 g/mol. The van der Waals surface area contributed by atoms with Crippen molar-refractivity contribution in [2.24, 2.45) is 0 Å². The highest BCUT2D eigenvalue weighted by molar-refractivity contribution is 5.88. The van der Waals surface area contributed by atoms with E-state index < -0.39 is 12.0 Å². The number of aliphatic carboxylic acids is 1. The molecular formula is C24H44N2O4. The largest absolute Gasteiger partial charge is 0.481 e. The van der Waals surface area contributed by atoms with Crippen LogP contribution in [0.4, 0.5) is 0 Å². The molecule has 2 amide bonds. The maximum absolute atomic E-state index is 13.0. The first kappa shape index (κ1) is 28.1. The van der Waals surface area contributed by atoms with Crippen LogP contribution in [0.15, 0.2) is 12.7 Å². The van der Waals surface area contributed by atoms with E-state index in [1.165, 1.54) is 19.3 Å². The fourth-order valence-electron chi connectivity index (χ4n) is 3.32. The van der Waals surface area contributed by atoms with Gasteiger partial charge in [-0.1, -0.05) is 58.4 Å². The maximum Gasteiger partial charge on any atom is 0.303 e. The van der Waals surface area contributed by atoms with Gasteiger partial charge in [0.2, 0.25) is 11.8 Å². The molecule has 0 aliphatic rings. The van der Waals surface area contributed by atoms with Gasteiger partial charge in [-0.15, -0.1) is 6.58 Å². The van der Waals surface area contributed by atoms with Gasteiger partial charge in [0.05, 0.1) is 0 Å². The molecule has 0 aliphatic heterocycles. The molecular weight excluding hydrogens is 380 g/mol. The minimum Gasteiger partial charge on any atom is -0.481 e. The first-order valence-electron chi connectivity index (χ1n) is 11.9. The van der Waals surface area contributed by atoms with E-state index >= 15 is 0 Å². The minimum atomic E-state index is -0.952. The second-order valence-electron chi connectivity index (χ2n) is 8.03. The number of nitrogens with zero attached hydrogens (tertiary/aromatic N) is 1. The Balaban J connectivity index is 4.59. The Kier molecular flexibility index (Phi) is 18.0. The van der Waals surface area contributed by atoms with E-state index in [2.05, 4.69) is 25.7 Å². The summed E-state index contributed by atoms with van der Waals surface area (Å²) in [5.41, 5.74) is 0. The highest BCUT2D eigenvalue weighted by Gasteiger charge is 2.26. The van der Waals surface area contributed by atoms with Gasteiger partial charge in [0.25, 0.3) is 0 Å². The van der Waals surface area contributed by atoms with Crippen molar-refractivity contribution in [1.29, 1.82) is 0 Å². The molecule has 0 fully saturated rings. The van der Waals surface area contributed by atoms with Gasteiger partial charge in [-0.05, 0) is 38.5 Å². The van der Waals surface area contributed by atoms with E-state index in [0.717, 1.165) is 51.4 Å². The summed E-state index contributed by atoms with van der Waals surface area (Å²) in [5, 5.41) is 11.9. The molecule has 0 heterocycles. The molecule has 0 aliphatic carbocycles. The van der Waals surface area contributed by atoms with Crippen molar-refractivity contribution in [2.75, 3.05) is 13.1 Å². The molecule has 0 unspecified atom stereocenters. The molecule has 30 heavy (non-hydrogen) atoms. The lowest BCUT2D eigenvalue weighted by atomic mass is 10.1. The average molecular weight is 425 g/mol. The Bertz CT molecular complexity index is 486. The van der Waals surface area contributed by atoms with Crippen molar-refractivity contribution in [3.63, 3.8) is 0 Å². The Morgan fingerprint density at radius 2 is 1.47 bits per heavy atom. The Morgan fingerprint density at radius 1 is 0.900 bits per heavy atom. The number of amides is 2. The topological polar surface area (TPSA) is 86.7 Å². The molecule has 0 rings (SSSR count). The first-order valence-corrected chi connectivity index (χ1v) is 11.9. The molecule has 1 atom stereocenters. The summed E-state index contributed by atoms with van der Waals surface area (Å²) >= 11 is 0. The van der Waals surface area contributed by atoms with Gasteiger partial charge in [0, 0.05) is 25.9 Å². The standard InChI is InChI=1S/C24H44N2O4/c1-4-7-10-11-12-13-14-15-16-22(27)25-21(17-18-23(28)29)24(30)26(19-8-5-2)20-9-6-3/h4,21H,1,5-20H2,2-3H3,(H,25,27)(H,28,29)/t21-/m0/s1. The highest BCUT2D eigenvalue weighted by atomic mass is 16.4. The molecule has 6 heteroatoms. The quantitative estimate of drug-likeness (QED) is 0.211. The van der Waals surface area contributed by atoms with Crippen molar-refractivity contribution < 1.29 is 19.5 Å². The fourth-order valence-corrected chi connectivity index (χ4v) is 3.32. The van der Waals surface area contributed by atoms with E-state index in [0.29, 0.717) is 19.5 Å². The van der Waals surface area contributed by atoms with E-state index in [4.69, 9.17) is 5.11 Å². The number of carboxylic acid groups (broad SMARTS) is 1. The van der Waals surface area contributed by atoms with Crippen molar-refractivity contribution in [3.8, 4) is 0 Å². The first-order chi connectivity index (χ1) is 14.5. The van der Waals surface area contributed by atoms with Gasteiger partial charge in [0.15, 0.2) is 0 Å². The second-order valence-corrected chi connectivity index (χ2v) is 8.03. The molecule has 0 bridgehead atoms. The third kappa shape index (κ3) is 15.1. The zero-order chi connectivity index (χ0) is 22.6. The average Bonchev–Trinajstić information content (AvgIpc) is 2.72. The van der Waals surface area contributed by atoms with Crippen LogP contribution in [0.3, 0.4) is 0 Å². The molecule has 0 aromatic carbocycles. The fraction of sp³-hybridized carbons (Fsp3) is 0.792. The molecule has 0 aromatic heterocycles. The van der Waals surface area contributed by atoms with Crippen LogP contribution in [0.2, 0.25) is 0 Å². The second kappa shape index (κ2) is 19.1. The number of carbonyl (C=O) groups excluding carboxylic acids is 2. The van der Waals surface area contributed by atoms with E-state index in [1.54, 1.807) is 4.90 Å². The van der Waals surface area contributed by atoms with Crippen molar-refractivity contribution in [1.82, 2.24) is 10.2 Å². The summed E-state index contributed by atoms with van der Waals surface area (Å²) in [6.07, 6.45) is 13.6. The third-order valence-corrected chi connectivity index (χ3v) is 5.22. The molecule has 0 saturated carbocycles. The van der Waals surface area contributed by atoms with Crippen LogP contribution >= 0.6 is 0 Å². The summed E-state index contributed by atoms with van der Waals surface area (Å²) < 4.78 is 0. The zero-order valence-corrected chi connectivity index (χ0v) is 19.3. The van der Waals surface area contributed by atoms with Gasteiger partial charge in [-0.2, -0.15) is 0 Å². The van der Waals surface area contributed by atoms with Crippen LogP contribution in [-0.4, -0.2) is 46.9 Å². The van der Waals surface area contributed by atoms with Crippen molar-refractivity contribution >= 4 is 17.8 Å². The van der Waals surface area contributed by atoms with Gasteiger partial charge in [-0.25, -0.2) is 0 Å². The summed E-state index contributed by atoms with van der Waals surface area (Å²) in [6, 6.07) is -0.749. The van der Waals surface area contributed by atoms with Gasteiger partial charge in [-0.3, -0.25) is 14.4 Å². The Labute approximate surface area is 183 Å². The lowest BCUT2D eigenvalue weighted by Gasteiger charge is -2.28. The Hall–Kier alpha value is -1.85. The molecule has 174 valence electrons. The molecule has 2 N–H and O–H groups in total. The van der Waals surface area contributed by atoms with E-state index in [1.807, 2.05) is 6.08 Å². The predicted molar refractivity (Wildman–Crippen MR) is 122 cm³/mol. The van der Waals surface area contributed by atoms with Crippen LogP contribution < -0.4 is 5.32 Å². The van der Waals surface area contributed by atoms with Crippen LogP contribution in [0.5, 0.6) is 0 Å². The lowest BCUT2D eigenvalue weighted by Crippen LogP contribution is -2.49. The number of rotatable bonds is 20. The molecule has 0 saturated heterocycles. The van der Waals surface area contributed by atoms with Crippen molar-refractivity contribution in [2.45, 2.75) is 110 Å². The number of hydrogen-bond donors (Lipinski definition) is 2. The Morgan fingerprint density at radius 3 is 2.00 bits per heavy atom. The number of allylic oxidation sites excluding steroid dienone is 1. The van der Waals surface area contributed by atoms with E-state index in [9.17, 15) is 14.4 Å². The summed E-state index contributed by atoms with van der Waals surface area (Å²) in [7, 11) is 0. The number of carbonyl (C=O) groups is 3. The third-order valence-electron chi connectivity index (χ3n) is 5.22. The number of unbranched alkanes of at least 4 members (excludes halogenated alkanes) is 8. The number of hydrogen-bond acceptors (Lipinski definition) is 3. The smallest absolute Gasteiger partial charge is 0.303 e. The van der Waals surface area contributed by atoms with Crippen LogP contribution in [0.1, 0.15) is 104 Å². The minimum absolute atomic E-state index is 0.128. The maximum atomic E-state index is 13.0. The van der Waals surface area contributed by atoms with Gasteiger partial charge >= 0.3 is 5.97 Å². The number of nitrogens with one attached hydrogen (secondary N) is 1. The normalized spacial score (nSPS) is 11.7. The van der Waals surface area contributed by atoms with Gasteiger partial charge < -0.3 is 15.3 Å². The summed E-state index contributed by atoms with van der Waals surface area (Å²) in [5.74, 6) is -1.25. The van der Waals surface area contributed by atoms with Crippen LogP contribution in [0, 0.1) is 0 Å². The molecule has 6 nitrogen and oxygen atoms in total. The molecule has 0 spiro atoms.